The summed E-state index contributed by atoms with van der Waals surface area (Å²) in [4.78, 5) is 1.90. The van der Waals surface area contributed by atoms with Crippen LogP contribution in [0.15, 0.2) is 12.1 Å². The largest absolute Gasteiger partial charge is 0.366 e. The molecule has 0 amide bonds. The summed E-state index contributed by atoms with van der Waals surface area (Å²) in [6.07, 6.45) is 3.45. The average molecular weight is 273 g/mol. The smallest absolute Gasteiger partial charge is 0.150 e. The van der Waals surface area contributed by atoms with Crippen molar-refractivity contribution in [1.29, 1.82) is 0 Å². The molecule has 2 fully saturated rings. The highest BCUT2D eigenvalue weighted by atomic mass is 35.5. The van der Waals surface area contributed by atoms with Crippen molar-refractivity contribution >= 4 is 17.3 Å². The molecule has 1 aliphatic carbocycles. The minimum atomic E-state index is -0.631. The summed E-state index contributed by atoms with van der Waals surface area (Å²) in [6.45, 7) is 1.49. The van der Waals surface area contributed by atoms with Gasteiger partial charge < -0.3 is 10.2 Å². The second-order valence-corrected chi connectivity index (χ2v) is 5.50. The molecule has 1 atom stereocenters. The first kappa shape index (κ1) is 12.2. The van der Waals surface area contributed by atoms with Gasteiger partial charge in [-0.15, -0.1) is 0 Å². The van der Waals surface area contributed by atoms with Crippen LogP contribution in [0.1, 0.15) is 19.3 Å². The van der Waals surface area contributed by atoms with E-state index in [1.54, 1.807) is 0 Å². The van der Waals surface area contributed by atoms with Crippen molar-refractivity contribution in [3.63, 3.8) is 0 Å². The van der Waals surface area contributed by atoms with E-state index in [-0.39, 0.29) is 5.02 Å². The predicted octanol–water partition coefficient (Wildman–Crippen LogP) is 2.95. The van der Waals surface area contributed by atoms with Crippen molar-refractivity contribution in [1.82, 2.24) is 5.32 Å². The lowest BCUT2D eigenvalue weighted by molar-refractivity contribution is 0.547. The number of hydrogen-bond donors (Lipinski definition) is 1. The van der Waals surface area contributed by atoms with Gasteiger partial charge in [-0.2, -0.15) is 0 Å². The van der Waals surface area contributed by atoms with Gasteiger partial charge in [-0.05, 0) is 25.3 Å². The highest BCUT2D eigenvalue weighted by molar-refractivity contribution is 6.33. The van der Waals surface area contributed by atoms with Crippen LogP contribution in [0.5, 0.6) is 0 Å². The summed E-state index contributed by atoms with van der Waals surface area (Å²) in [5.74, 6) is -1.21. The van der Waals surface area contributed by atoms with Crippen molar-refractivity contribution < 1.29 is 8.78 Å². The van der Waals surface area contributed by atoms with E-state index in [0.717, 1.165) is 25.6 Å². The molecular weight excluding hydrogens is 258 g/mol. The molecule has 0 aromatic heterocycles. The molecular formula is C13H15ClF2N2. The number of hydrogen-bond acceptors (Lipinski definition) is 2. The Morgan fingerprint density at radius 2 is 1.94 bits per heavy atom. The van der Waals surface area contributed by atoms with Gasteiger partial charge in [-0.25, -0.2) is 8.78 Å². The van der Waals surface area contributed by atoms with Gasteiger partial charge in [0.05, 0.1) is 10.7 Å². The van der Waals surface area contributed by atoms with Crippen molar-refractivity contribution in [2.24, 2.45) is 0 Å². The molecule has 0 bridgehead atoms. The molecule has 2 aliphatic rings. The average Bonchev–Trinajstić information content (AvgIpc) is 2.96. The van der Waals surface area contributed by atoms with Crippen molar-refractivity contribution in [2.75, 3.05) is 18.0 Å². The van der Waals surface area contributed by atoms with E-state index < -0.39 is 11.6 Å². The van der Waals surface area contributed by atoms with E-state index in [9.17, 15) is 8.78 Å². The van der Waals surface area contributed by atoms with Crippen LogP contribution in [-0.2, 0) is 0 Å². The van der Waals surface area contributed by atoms with Gasteiger partial charge in [0.1, 0.15) is 5.82 Å². The lowest BCUT2D eigenvalue weighted by atomic mass is 10.2. The highest BCUT2D eigenvalue weighted by Gasteiger charge is 2.31. The van der Waals surface area contributed by atoms with Gasteiger partial charge in [0.25, 0.3) is 0 Å². The number of rotatable bonds is 3. The third kappa shape index (κ3) is 2.45. The highest BCUT2D eigenvalue weighted by Crippen LogP contribution is 2.33. The Morgan fingerprint density at radius 1 is 1.17 bits per heavy atom. The SMILES string of the molecule is Fc1cc(F)c(N2CCC(NC3CC3)C2)c(Cl)c1. The molecule has 98 valence electrons. The first-order valence-corrected chi connectivity index (χ1v) is 6.67. The first-order chi connectivity index (χ1) is 8.63. The summed E-state index contributed by atoms with van der Waals surface area (Å²) in [6, 6.07) is 3.09. The predicted molar refractivity (Wildman–Crippen MR) is 68.1 cm³/mol. The standard InChI is InChI=1S/C13H15ClF2N2/c14-11-5-8(15)6-12(16)13(11)18-4-3-10(7-18)17-9-1-2-9/h5-6,9-10,17H,1-4,7H2. The Kier molecular flexibility index (Phi) is 3.16. The molecule has 3 rings (SSSR count). The Morgan fingerprint density at radius 3 is 2.61 bits per heavy atom. The third-order valence-corrected chi connectivity index (χ3v) is 3.82. The third-order valence-electron chi connectivity index (χ3n) is 3.53. The lowest BCUT2D eigenvalue weighted by Crippen LogP contribution is -2.34. The fourth-order valence-corrected chi connectivity index (χ4v) is 2.83. The number of nitrogens with zero attached hydrogens (tertiary/aromatic N) is 1. The van der Waals surface area contributed by atoms with Crippen LogP contribution in [0.25, 0.3) is 0 Å². The second kappa shape index (κ2) is 4.67. The van der Waals surface area contributed by atoms with Crippen LogP contribution in [0, 0.1) is 11.6 Å². The molecule has 1 saturated heterocycles. The quantitative estimate of drug-likeness (QED) is 0.910. The van der Waals surface area contributed by atoms with E-state index in [1.165, 1.54) is 18.9 Å². The minimum absolute atomic E-state index is 0.152. The first-order valence-electron chi connectivity index (χ1n) is 6.29. The fourth-order valence-electron chi connectivity index (χ4n) is 2.52. The molecule has 1 aliphatic heterocycles. The molecule has 1 heterocycles. The zero-order valence-corrected chi connectivity index (χ0v) is 10.7. The maximum absolute atomic E-state index is 13.8. The van der Waals surface area contributed by atoms with Crippen LogP contribution in [0.4, 0.5) is 14.5 Å². The Labute approximate surface area is 110 Å². The van der Waals surface area contributed by atoms with Crippen molar-refractivity contribution in [3.05, 3.63) is 28.8 Å². The van der Waals surface area contributed by atoms with Gasteiger partial charge in [-0.3, -0.25) is 0 Å². The molecule has 1 saturated carbocycles. The summed E-state index contributed by atoms with van der Waals surface area (Å²) < 4.78 is 26.8. The molecule has 0 spiro atoms. The van der Waals surface area contributed by atoms with Crippen LogP contribution in [0.3, 0.4) is 0 Å². The Bertz CT molecular complexity index is 439. The molecule has 1 unspecified atom stereocenters. The van der Waals surface area contributed by atoms with Crippen molar-refractivity contribution in [3.8, 4) is 0 Å². The summed E-state index contributed by atoms with van der Waals surface area (Å²) >= 11 is 5.94. The number of anilines is 1. The maximum Gasteiger partial charge on any atom is 0.150 e. The van der Waals surface area contributed by atoms with Crippen LogP contribution in [0.2, 0.25) is 5.02 Å². The Balaban J connectivity index is 1.75. The number of nitrogens with one attached hydrogen (secondary N) is 1. The van der Waals surface area contributed by atoms with E-state index in [0.29, 0.717) is 17.8 Å². The Hall–Kier alpha value is -0.870. The summed E-state index contributed by atoms with van der Waals surface area (Å²) in [5, 5.41) is 3.67. The van der Waals surface area contributed by atoms with E-state index in [1.807, 2.05) is 4.90 Å². The van der Waals surface area contributed by atoms with Gasteiger partial charge in [-0.1, -0.05) is 11.6 Å². The molecule has 18 heavy (non-hydrogen) atoms. The molecule has 1 aromatic carbocycles. The monoisotopic (exact) mass is 272 g/mol. The van der Waals surface area contributed by atoms with E-state index in [2.05, 4.69) is 5.32 Å². The fraction of sp³-hybridized carbons (Fsp3) is 0.538. The maximum atomic E-state index is 13.8. The second-order valence-electron chi connectivity index (χ2n) is 5.09. The van der Waals surface area contributed by atoms with Crippen molar-refractivity contribution in [2.45, 2.75) is 31.3 Å². The van der Waals surface area contributed by atoms with Gasteiger partial charge >= 0.3 is 0 Å². The minimum Gasteiger partial charge on any atom is -0.366 e. The molecule has 2 nitrogen and oxygen atoms in total. The number of halogens is 3. The molecule has 1 N–H and O–H groups in total. The number of benzene rings is 1. The van der Waals surface area contributed by atoms with Gasteiger partial charge in [0.2, 0.25) is 0 Å². The van der Waals surface area contributed by atoms with E-state index >= 15 is 0 Å². The molecule has 5 heteroatoms. The van der Waals surface area contributed by atoms with E-state index in [4.69, 9.17) is 11.6 Å². The lowest BCUT2D eigenvalue weighted by Gasteiger charge is -2.21. The molecule has 0 radical (unpaired) electrons. The normalized spacial score (nSPS) is 23.7. The zero-order chi connectivity index (χ0) is 12.7. The topological polar surface area (TPSA) is 15.3 Å². The summed E-state index contributed by atoms with van der Waals surface area (Å²) in [5.41, 5.74) is 0.332. The van der Waals surface area contributed by atoms with Crippen LogP contribution < -0.4 is 10.2 Å². The van der Waals surface area contributed by atoms with Crippen LogP contribution in [-0.4, -0.2) is 25.2 Å². The van der Waals surface area contributed by atoms with Gasteiger partial charge in [0, 0.05) is 31.2 Å². The zero-order valence-electron chi connectivity index (χ0n) is 9.93. The summed E-state index contributed by atoms with van der Waals surface area (Å²) in [7, 11) is 0. The van der Waals surface area contributed by atoms with Gasteiger partial charge in [0.15, 0.2) is 5.82 Å². The van der Waals surface area contributed by atoms with Crippen LogP contribution >= 0.6 is 11.6 Å². The molecule has 1 aromatic rings.